The Hall–Kier alpha value is -1.34. The van der Waals surface area contributed by atoms with Crippen molar-refractivity contribution in [1.82, 2.24) is 15.1 Å². The van der Waals surface area contributed by atoms with Gasteiger partial charge in [0, 0.05) is 17.8 Å². The number of nitrogens with zero attached hydrogens (tertiary/aromatic N) is 3. The van der Waals surface area contributed by atoms with Gasteiger partial charge in [-0.25, -0.2) is 0 Å². The Morgan fingerprint density at radius 1 is 1.53 bits per heavy atom. The van der Waals surface area contributed by atoms with E-state index in [0.29, 0.717) is 0 Å². The minimum Gasteiger partial charge on any atom is -0.316 e. The van der Waals surface area contributed by atoms with Crippen molar-refractivity contribution in [1.29, 1.82) is 5.26 Å². The van der Waals surface area contributed by atoms with E-state index in [1.54, 1.807) is 0 Å². The van der Waals surface area contributed by atoms with Gasteiger partial charge >= 0.3 is 0 Å². The van der Waals surface area contributed by atoms with Crippen LogP contribution in [0, 0.1) is 25.2 Å². The van der Waals surface area contributed by atoms with Gasteiger partial charge in [0.15, 0.2) is 0 Å². The van der Waals surface area contributed by atoms with E-state index in [1.165, 1.54) is 5.56 Å². The summed E-state index contributed by atoms with van der Waals surface area (Å²) in [5.41, 5.74) is 3.30. The molecule has 1 aromatic heterocycles. The van der Waals surface area contributed by atoms with Crippen LogP contribution >= 0.6 is 0 Å². The van der Waals surface area contributed by atoms with E-state index in [-0.39, 0.29) is 6.04 Å². The lowest BCUT2D eigenvalue weighted by Gasteiger charge is -2.09. The van der Waals surface area contributed by atoms with E-state index in [0.717, 1.165) is 24.4 Å². The van der Waals surface area contributed by atoms with Gasteiger partial charge in [-0.1, -0.05) is 6.92 Å². The standard InChI is InChI=1S/C11H18N4/c1-5-10(6-12)15-9(3)11(7-13-4)8(2)14-15/h10,13H,5,7H2,1-4H3. The topological polar surface area (TPSA) is 53.6 Å². The molecule has 0 aliphatic rings. The largest absolute Gasteiger partial charge is 0.316 e. The summed E-state index contributed by atoms with van der Waals surface area (Å²) in [6.07, 6.45) is 0.789. The van der Waals surface area contributed by atoms with Crippen LogP contribution < -0.4 is 5.32 Å². The molecule has 0 saturated carbocycles. The minimum atomic E-state index is -0.144. The van der Waals surface area contributed by atoms with Gasteiger partial charge in [0.25, 0.3) is 0 Å². The zero-order valence-corrected chi connectivity index (χ0v) is 9.83. The average Bonchev–Trinajstić information content (AvgIpc) is 2.49. The van der Waals surface area contributed by atoms with Gasteiger partial charge in [-0.05, 0) is 27.3 Å². The SMILES string of the molecule is CCC(C#N)n1nc(C)c(CNC)c1C. The number of nitrogens with one attached hydrogen (secondary N) is 1. The predicted molar refractivity (Wildman–Crippen MR) is 59.4 cm³/mol. The third-order valence-corrected chi connectivity index (χ3v) is 2.66. The summed E-state index contributed by atoms with van der Waals surface area (Å²) in [7, 11) is 1.91. The highest BCUT2D eigenvalue weighted by atomic mass is 15.3. The number of nitriles is 1. The Bertz CT molecular complexity index is 373. The van der Waals surface area contributed by atoms with Gasteiger partial charge in [0.1, 0.15) is 6.04 Å². The van der Waals surface area contributed by atoms with Gasteiger partial charge in [-0.15, -0.1) is 0 Å². The fourth-order valence-electron chi connectivity index (χ4n) is 1.75. The normalized spacial score (nSPS) is 12.5. The van der Waals surface area contributed by atoms with Crippen LogP contribution in [0.2, 0.25) is 0 Å². The number of rotatable bonds is 4. The van der Waals surface area contributed by atoms with E-state index in [1.807, 2.05) is 32.5 Å². The Morgan fingerprint density at radius 3 is 2.67 bits per heavy atom. The quantitative estimate of drug-likeness (QED) is 0.815. The molecular formula is C11H18N4. The molecule has 1 aromatic rings. The number of hydrogen-bond donors (Lipinski definition) is 1. The van der Waals surface area contributed by atoms with Crippen LogP contribution in [0.1, 0.15) is 36.3 Å². The van der Waals surface area contributed by atoms with E-state index in [9.17, 15) is 0 Å². The van der Waals surface area contributed by atoms with Crippen molar-refractivity contribution in [2.24, 2.45) is 0 Å². The zero-order chi connectivity index (χ0) is 11.4. The average molecular weight is 206 g/mol. The summed E-state index contributed by atoms with van der Waals surface area (Å²) < 4.78 is 1.84. The highest BCUT2D eigenvalue weighted by molar-refractivity contribution is 5.25. The second-order valence-corrected chi connectivity index (χ2v) is 3.68. The van der Waals surface area contributed by atoms with Crippen LogP contribution in [-0.4, -0.2) is 16.8 Å². The highest BCUT2D eigenvalue weighted by Crippen LogP contribution is 2.18. The van der Waals surface area contributed by atoms with Crippen molar-refractivity contribution in [2.45, 2.75) is 39.8 Å². The van der Waals surface area contributed by atoms with Crippen molar-refractivity contribution < 1.29 is 0 Å². The molecule has 0 amide bonds. The van der Waals surface area contributed by atoms with Gasteiger partial charge in [-0.2, -0.15) is 10.4 Å². The molecule has 0 fully saturated rings. The lowest BCUT2D eigenvalue weighted by atomic mass is 10.2. The molecule has 1 N–H and O–H groups in total. The molecule has 1 atom stereocenters. The molecule has 0 saturated heterocycles. The first-order valence-electron chi connectivity index (χ1n) is 5.24. The highest BCUT2D eigenvalue weighted by Gasteiger charge is 2.16. The van der Waals surface area contributed by atoms with Crippen molar-refractivity contribution >= 4 is 0 Å². The van der Waals surface area contributed by atoms with Crippen molar-refractivity contribution in [3.63, 3.8) is 0 Å². The maximum absolute atomic E-state index is 9.01. The molecule has 1 rings (SSSR count). The van der Waals surface area contributed by atoms with Crippen LogP contribution in [0.5, 0.6) is 0 Å². The van der Waals surface area contributed by atoms with Crippen molar-refractivity contribution in [3.8, 4) is 6.07 Å². The molecule has 0 radical (unpaired) electrons. The first-order chi connectivity index (χ1) is 7.15. The number of aryl methyl sites for hydroxylation is 1. The van der Waals surface area contributed by atoms with Gasteiger partial charge in [0.05, 0.1) is 11.8 Å². The zero-order valence-electron chi connectivity index (χ0n) is 9.83. The molecule has 1 heterocycles. The van der Waals surface area contributed by atoms with Gasteiger partial charge in [0.2, 0.25) is 0 Å². The molecule has 0 aliphatic heterocycles. The molecule has 4 nitrogen and oxygen atoms in total. The molecule has 15 heavy (non-hydrogen) atoms. The monoisotopic (exact) mass is 206 g/mol. The van der Waals surface area contributed by atoms with Crippen LogP contribution in [-0.2, 0) is 6.54 Å². The summed E-state index contributed by atoms with van der Waals surface area (Å²) in [6.45, 7) is 6.81. The fraction of sp³-hybridized carbons (Fsp3) is 0.636. The predicted octanol–water partition coefficient (Wildman–Crippen LogP) is 1.69. The number of hydrogen-bond acceptors (Lipinski definition) is 3. The van der Waals surface area contributed by atoms with Gasteiger partial charge in [-0.3, -0.25) is 4.68 Å². The summed E-state index contributed by atoms with van der Waals surface area (Å²) in [6, 6.07) is 2.13. The second kappa shape index (κ2) is 4.94. The molecular weight excluding hydrogens is 188 g/mol. The van der Waals surface area contributed by atoms with Crippen LogP contribution in [0.4, 0.5) is 0 Å². The Morgan fingerprint density at radius 2 is 2.20 bits per heavy atom. The Labute approximate surface area is 90.9 Å². The van der Waals surface area contributed by atoms with E-state index in [4.69, 9.17) is 5.26 Å². The van der Waals surface area contributed by atoms with E-state index >= 15 is 0 Å². The Balaban J connectivity index is 3.11. The van der Waals surface area contributed by atoms with Gasteiger partial charge < -0.3 is 5.32 Å². The molecule has 0 bridgehead atoms. The first-order valence-corrected chi connectivity index (χ1v) is 5.24. The lowest BCUT2D eigenvalue weighted by molar-refractivity contribution is 0.518. The van der Waals surface area contributed by atoms with Crippen LogP contribution in [0.25, 0.3) is 0 Å². The maximum Gasteiger partial charge on any atom is 0.138 e. The fourth-order valence-corrected chi connectivity index (χ4v) is 1.75. The lowest BCUT2D eigenvalue weighted by Crippen LogP contribution is -2.11. The van der Waals surface area contributed by atoms with Crippen molar-refractivity contribution in [3.05, 3.63) is 17.0 Å². The minimum absolute atomic E-state index is 0.144. The first kappa shape index (κ1) is 11.7. The molecule has 0 aliphatic carbocycles. The summed E-state index contributed by atoms with van der Waals surface area (Å²) in [4.78, 5) is 0. The molecule has 0 aromatic carbocycles. The summed E-state index contributed by atoms with van der Waals surface area (Å²) in [5.74, 6) is 0. The van der Waals surface area contributed by atoms with E-state index < -0.39 is 0 Å². The third-order valence-electron chi connectivity index (χ3n) is 2.66. The summed E-state index contributed by atoms with van der Waals surface area (Å²) >= 11 is 0. The molecule has 4 heteroatoms. The molecule has 0 spiro atoms. The van der Waals surface area contributed by atoms with Crippen molar-refractivity contribution in [2.75, 3.05) is 7.05 Å². The summed E-state index contributed by atoms with van der Waals surface area (Å²) in [5, 5.41) is 16.6. The van der Waals surface area contributed by atoms with Crippen LogP contribution in [0.15, 0.2) is 0 Å². The third kappa shape index (κ3) is 2.18. The second-order valence-electron chi connectivity index (χ2n) is 3.68. The molecule has 82 valence electrons. The van der Waals surface area contributed by atoms with Crippen LogP contribution in [0.3, 0.4) is 0 Å². The molecule has 1 unspecified atom stereocenters. The maximum atomic E-state index is 9.01. The van der Waals surface area contributed by atoms with E-state index in [2.05, 4.69) is 16.5 Å². The number of aromatic nitrogens is 2. The smallest absolute Gasteiger partial charge is 0.138 e. The Kier molecular flexibility index (Phi) is 3.87.